The van der Waals surface area contributed by atoms with Crippen LogP contribution in [0.1, 0.15) is 56.2 Å². The molecule has 0 spiro atoms. The van der Waals surface area contributed by atoms with Crippen LogP contribution in [0, 0.1) is 12.8 Å². The van der Waals surface area contributed by atoms with Crippen LogP contribution < -0.4 is 10.6 Å². The first-order chi connectivity index (χ1) is 9.52. The van der Waals surface area contributed by atoms with E-state index in [0.29, 0.717) is 24.1 Å². The summed E-state index contributed by atoms with van der Waals surface area (Å²) in [5.41, 5.74) is 1.23. The number of aryl methyl sites for hydroxylation is 1. The van der Waals surface area contributed by atoms with Crippen LogP contribution in [0.3, 0.4) is 0 Å². The zero-order chi connectivity index (χ0) is 15.0. The number of nitrogens with one attached hydrogen (secondary N) is 2. The summed E-state index contributed by atoms with van der Waals surface area (Å²) in [6.45, 7) is 9.82. The molecule has 0 aliphatic carbocycles. The molecule has 5 nitrogen and oxygen atoms in total. The minimum Gasteiger partial charge on any atom is -0.354 e. The van der Waals surface area contributed by atoms with Crippen molar-refractivity contribution in [1.82, 2.24) is 15.3 Å². The average molecular weight is 278 g/mol. The predicted molar refractivity (Wildman–Crippen MR) is 82.0 cm³/mol. The van der Waals surface area contributed by atoms with Gasteiger partial charge in [0, 0.05) is 18.8 Å². The molecule has 1 amide bonds. The second-order valence-corrected chi connectivity index (χ2v) is 5.44. The minimum absolute atomic E-state index is 0.129. The molecule has 20 heavy (non-hydrogen) atoms. The minimum atomic E-state index is -0.129. The highest BCUT2D eigenvalue weighted by atomic mass is 16.1. The van der Waals surface area contributed by atoms with Gasteiger partial charge in [-0.2, -0.15) is 0 Å². The lowest BCUT2D eigenvalue weighted by Crippen LogP contribution is -2.26. The van der Waals surface area contributed by atoms with E-state index in [-0.39, 0.29) is 5.91 Å². The quantitative estimate of drug-likeness (QED) is 0.718. The van der Waals surface area contributed by atoms with Gasteiger partial charge < -0.3 is 10.6 Å². The van der Waals surface area contributed by atoms with Crippen LogP contribution in [0.15, 0.2) is 6.07 Å². The van der Waals surface area contributed by atoms with Crippen LogP contribution in [-0.4, -0.2) is 29.0 Å². The smallest absolute Gasteiger partial charge is 0.270 e. The maximum Gasteiger partial charge on any atom is 0.270 e. The molecule has 0 fully saturated rings. The van der Waals surface area contributed by atoms with Gasteiger partial charge in [-0.05, 0) is 31.7 Å². The van der Waals surface area contributed by atoms with Crippen molar-refractivity contribution in [3.63, 3.8) is 0 Å². The van der Waals surface area contributed by atoms with Crippen LogP contribution in [0.25, 0.3) is 0 Å². The van der Waals surface area contributed by atoms with Crippen molar-refractivity contribution in [2.75, 3.05) is 18.4 Å². The Morgan fingerprint density at radius 1 is 1.30 bits per heavy atom. The third kappa shape index (κ3) is 5.99. The largest absolute Gasteiger partial charge is 0.354 e. The first-order valence-electron chi connectivity index (χ1n) is 7.40. The summed E-state index contributed by atoms with van der Waals surface area (Å²) >= 11 is 0. The molecule has 1 heterocycles. The molecule has 1 aromatic heterocycles. The van der Waals surface area contributed by atoms with Crippen molar-refractivity contribution in [2.45, 2.75) is 47.0 Å². The zero-order valence-electron chi connectivity index (χ0n) is 13.0. The van der Waals surface area contributed by atoms with Gasteiger partial charge in [-0.15, -0.1) is 0 Å². The lowest BCUT2D eigenvalue weighted by atomic mass is 10.1. The number of hydrogen-bond donors (Lipinski definition) is 2. The van der Waals surface area contributed by atoms with Crippen molar-refractivity contribution in [3.05, 3.63) is 17.5 Å². The molecule has 1 aromatic rings. The highest BCUT2D eigenvalue weighted by Crippen LogP contribution is 2.06. The molecule has 5 heteroatoms. The van der Waals surface area contributed by atoms with E-state index in [4.69, 9.17) is 0 Å². The molecule has 0 bridgehead atoms. The fourth-order valence-electron chi connectivity index (χ4n) is 1.71. The molecule has 1 rings (SSSR count). The summed E-state index contributed by atoms with van der Waals surface area (Å²) in [5, 5.41) is 6.05. The van der Waals surface area contributed by atoms with Gasteiger partial charge in [-0.25, -0.2) is 9.97 Å². The lowest BCUT2D eigenvalue weighted by molar-refractivity contribution is 0.0948. The Bertz CT molecular complexity index is 432. The molecule has 2 N–H and O–H groups in total. The summed E-state index contributed by atoms with van der Waals surface area (Å²) < 4.78 is 0. The Labute approximate surface area is 121 Å². The van der Waals surface area contributed by atoms with Gasteiger partial charge in [0.2, 0.25) is 5.95 Å². The summed E-state index contributed by atoms with van der Waals surface area (Å²) in [5.74, 6) is 1.03. The third-order valence-electron chi connectivity index (χ3n) is 2.91. The Balaban J connectivity index is 2.63. The van der Waals surface area contributed by atoms with E-state index in [1.807, 2.05) is 6.92 Å². The van der Waals surface area contributed by atoms with E-state index < -0.39 is 0 Å². The van der Waals surface area contributed by atoms with Crippen molar-refractivity contribution < 1.29 is 4.79 Å². The van der Waals surface area contributed by atoms with Crippen molar-refractivity contribution in [1.29, 1.82) is 0 Å². The number of aromatic nitrogens is 2. The molecule has 0 aliphatic heterocycles. The summed E-state index contributed by atoms with van der Waals surface area (Å²) in [6.07, 6.45) is 3.09. The van der Waals surface area contributed by atoms with E-state index >= 15 is 0 Å². The molecule has 0 saturated heterocycles. The van der Waals surface area contributed by atoms with Crippen molar-refractivity contribution in [3.8, 4) is 0 Å². The summed E-state index contributed by atoms with van der Waals surface area (Å²) in [4.78, 5) is 20.6. The fraction of sp³-hybridized carbons (Fsp3) is 0.667. The number of nitrogens with zero attached hydrogens (tertiary/aromatic N) is 2. The number of hydrogen-bond acceptors (Lipinski definition) is 4. The molecule has 0 saturated carbocycles. The van der Waals surface area contributed by atoms with Crippen molar-refractivity contribution >= 4 is 11.9 Å². The maximum absolute atomic E-state index is 12.0. The molecule has 0 unspecified atom stereocenters. The summed E-state index contributed by atoms with van der Waals surface area (Å²) in [7, 11) is 0. The Morgan fingerprint density at radius 2 is 2.05 bits per heavy atom. The molecular formula is C15H26N4O. The van der Waals surface area contributed by atoms with Crippen LogP contribution in [0.4, 0.5) is 5.95 Å². The standard InChI is InChI=1S/C15H26N4O/c1-5-6-8-16-14(20)13-10-12(4)18-15(19-13)17-9-7-11(2)3/h10-11H,5-9H2,1-4H3,(H,16,20)(H,17,18,19). The number of anilines is 1. The lowest BCUT2D eigenvalue weighted by Gasteiger charge is -2.09. The van der Waals surface area contributed by atoms with Gasteiger partial charge >= 0.3 is 0 Å². The Hall–Kier alpha value is -1.65. The maximum atomic E-state index is 12.0. The number of unbranched alkanes of at least 4 members (excludes halogenated alkanes) is 1. The zero-order valence-corrected chi connectivity index (χ0v) is 13.0. The van der Waals surface area contributed by atoms with Gasteiger partial charge in [0.05, 0.1) is 0 Å². The molecule has 0 aliphatic rings. The highest BCUT2D eigenvalue weighted by molar-refractivity contribution is 5.92. The van der Waals surface area contributed by atoms with E-state index in [9.17, 15) is 4.79 Å². The van der Waals surface area contributed by atoms with Gasteiger partial charge in [0.25, 0.3) is 5.91 Å². The van der Waals surface area contributed by atoms with Gasteiger partial charge in [0.1, 0.15) is 5.69 Å². The third-order valence-corrected chi connectivity index (χ3v) is 2.91. The number of carbonyl (C=O) groups excluding carboxylic acids is 1. The topological polar surface area (TPSA) is 66.9 Å². The molecule has 0 radical (unpaired) electrons. The van der Waals surface area contributed by atoms with Gasteiger partial charge in [-0.1, -0.05) is 27.2 Å². The molecule has 0 aromatic carbocycles. The monoisotopic (exact) mass is 278 g/mol. The first-order valence-corrected chi connectivity index (χ1v) is 7.40. The van der Waals surface area contributed by atoms with E-state index in [2.05, 4.69) is 41.4 Å². The van der Waals surface area contributed by atoms with Crippen LogP contribution >= 0.6 is 0 Å². The Kier molecular flexibility index (Phi) is 6.98. The average Bonchev–Trinajstić information content (AvgIpc) is 2.37. The van der Waals surface area contributed by atoms with E-state index in [1.54, 1.807) is 6.07 Å². The highest BCUT2D eigenvalue weighted by Gasteiger charge is 2.09. The second-order valence-electron chi connectivity index (χ2n) is 5.44. The first kappa shape index (κ1) is 16.4. The number of amides is 1. The Morgan fingerprint density at radius 3 is 2.70 bits per heavy atom. The number of rotatable bonds is 8. The van der Waals surface area contributed by atoms with E-state index in [0.717, 1.165) is 31.5 Å². The molecule has 112 valence electrons. The summed E-state index contributed by atoms with van der Waals surface area (Å²) in [6, 6.07) is 1.72. The second kappa shape index (κ2) is 8.51. The molecule has 0 atom stereocenters. The molecular weight excluding hydrogens is 252 g/mol. The fourth-order valence-corrected chi connectivity index (χ4v) is 1.71. The number of carbonyl (C=O) groups is 1. The van der Waals surface area contributed by atoms with Crippen molar-refractivity contribution in [2.24, 2.45) is 5.92 Å². The van der Waals surface area contributed by atoms with Crippen LogP contribution in [-0.2, 0) is 0 Å². The van der Waals surface area contributed by atoms with Crippen LogP contribution in [0.2, 0.25) is 0 Å². The normalized spacial score (nSPS) is 10.7. The van der Waals surface area contributed by atoms with Gasteiger partial charge in [-0.3, -0.25) is 4.79 Å². The van der Waals surface area contributed by atoms with E-state index in [1.165, 1.54) is 0 Å². The predicted octanol–water partition coefficient (Wildman–Crippen LogP) is 2.77. The van der Waals surface area contributed by atoms with Gasteiger partial charge in [0.15, 0.2) is 0 Å². The SMILES string of the molecule is CCCCNC(=O)c1cc(C)nc(NCCC(C)C)n1. The van der Waals surface area contributed by atoms with Crippen LogP contribution in [0.5, 0.6) is 0 Å².